The molecule has 0 saturated heterocycles. The van der Waals surface area contributed by atoms with Gasteiger partial charge in [-0.15, -0.1) is 0 Å². The van der Waals surface area contributed by atoms with Gasteiger partial charge in [0.05, 0.1) is 19.8 Å². The van der Waals surface area contributed by atoms with Gasteiger partial charge in [-0.1, -0.05) is 11.2 Å². The fourth-order valence-electron chi connectivity index (χ4n) is 2.34. The second kappa shape index (κ2) is 7.86. The Hall–Kier alpha value is -3.42. The zero-order valence-corrected chi connectivity index (χ0v) is 15.0. The molecule has 2 aromatic carbocycles. The third-order valence-electron chi connectivity index (χ3n) is 3.84. The van der Waals surface area contributed by atoms with E-state index in [1.165, 1.54) is 26.4 Å². The van der Waals surface area contributed by atoms with Gasteiger partial charge in [0, 0.05) is 5.56 Å². The molecule has 0 radical (unpaired) electrons. The number of hydrogen-bond acceptors (Lipinski definition) is 7. The minimum atomic E-state index is -0.681. The van der Waals surface area contributed by atoms with Crippen LogP contribution < -0.4 is 9.47 Å². The zero-order valence-electron chi connectivity index (χ0n) is 15.0. The van der Waals surface area contributed by atoms with Gasteiger partial charge in [-0.25, -0.2) is 9.18 Å². The number of carbonyl (C=O) groups is 1. The normalized spacial score (nSPS) is 10.5. The van der Waals surface area contributed by atoms with Crippen LogP contribution in [0.2, 0.25) is 0 Å². The van der Waals surface area contributed by atoms with Gasteiger partial charge < -0.3 is 18.7 Å². The Morgan fingerprint density at radius 1 is 1.11 bits per heavy atom. The average Bonchev–Trinajstić information content (AvgIpc) is 3.16. The second-order valence-corrected chi connectivity index (χ2v) is 5.62. The van der Waals surface area contributed by atoms with Crippen LogP contribution in [0, 0.1) is 12.7 Å². The van der Waals surface area contributed by atoms with Crippen molar-refractivity contribution in [3.8, 4) is 22.9 Å². The lowest BCUT2D eigenvalue weighted by atomic mass is 10.1. The lowest BCUT2D eigenvalue weighted by Gasteiger charge is -2.07. The molecule has 27 heavy (non-hydrogen) atoms. The predicted octanol–water partition coefficient (Wildman–Crippen LogP) is 3.56. The van der Waals surface area contributed by atoms with E-state index in [0.717, 1.165) is 6.07 Å². The van der Waals surface area contributed by atoms with Crippen molar-refractivity contribution >= 4 is 5.97 Å². The van der Waals surface area contributed by atoms with Crippen LogP contribution in [0.25, 0.3) is 11.4 Å². The average molecular weight is 372 g/mol. The van der Waals surface area contributed by atoms with Crippen molar-refractivity contribution in [1.29, 1.82) is 0 Å². The van der Waals surface area contributed by atoms with E-state index < -0.39 is 11.8 Å². The van der Waals surface area contributed by atoms with Crippen LogP contribution in [0.3, 0.4) is 0 Å². The minimum absolute atomic E-state index is 0.109. The molecule has 0 saturated carbocycles. The molecule has 0 spiro atoms. The quantitative estimate of drug-likeness (QED) is 0.612. The SMILES string of the molecule is COc1ccc(-c2noc(COC(=O)c3ccc(C)c(F)c3)n2)cc1OC. The summed E-state index contributed by atoms with van der Waals surface area (Å²) in [5.74, 6) is 0.361. The smallest absolute Gasteiger partial charge is 0.338 e. The highest BCUT2D eigenvalue weighted by molar-refractivity contribution is 5.89. The first-order valence-corrected chi connectivity index (χ1v) is 8.00. The number of esters is 1. The molecule has 0 aliphatic heterocycles. The Morgan fingerprint density at radius 3 is 2.59 bits per heavy atom. The van der Waals surface area contributed by atoms with Gasteiger partial charge in [0.1, 0.15) is 5.82 Å². The van der Waals surface area contributed by atoms with Crippen molar-refractivity contribution in [1.82, 2.24) is 10.1 Å². The fraction of sp³-hybridized carbons (Fsp3) is 0.211. The summed E-state index contributed by atoms with van der Waals surface area (Å²) in [5, 5.41) is 3.86. The van der Waals surface area contributed by atoms with Crippen molar-refractivity contribution < 1.29 is 27.9 Å². The highest BCUT2D eigenvalue weighted by Crippen LogP contribution is 2.31. The van der Waals surface area contributed by atoms with E-state index in [4.69, 9.17) is 18.7 Å². The van der Waals surface area contributed by atoms with E-state index in [0.29, 0.717) is 28.5 Å². The number of ether oxygens (including phenoxy) is 3. The van der Waals surface area contributed by atoms with Crippen molar-refractivity contribution in [3.05, 3.63) is 59.2 Å². The third kappa shape index (κ3) is 4.05. The number of aryl methyl sites for hydroxylation is 1. The summed E-state index contributed by atoms with van der Waals surface area (Å²) < 4.78 is 34.2. The number of hydrogen-bond donors (Lipinski definition) is 0. The Labute approximate surface area is 154 Å². The minimum Gasteiger partial charge on any atom is -0.493 e. The number of nitrogens with zero attached hydrogens (tertiary/aromatic N) is 2. The lowest BCUT2D eigenvalue weighted by molar-refractivity contribution is 0.0429. The van der Waals surface area contributed by atoms with Crippen LogP contribution in [0.15, 0.2) is 40.9 Å². The molecule has 3 rings (SSSR count). The summed E-state index contributed by atoms with van der Waals surface area (Å²) in [4.78, 5) is 16.2. The maximum Gasteiger partial charge on any atom is 0.338 e. The van der Waals surface area contributed by atoms with Crippen LogP contribution in [-0.4, -0.2) is 30.3 Å². The van der Waals surface area contributed by atoms with E-state index in [1.807, 2.05) is 0 Å². The first-order chi connectivity index (χ1) is 13.0. The van der Waals surface area contributed by atoms with Gasteiger partial charge in [-0.2, -0.15) is 4.98 Å². The van der Waals surface area contributed by atoms with Gasteiger partial charge in [0.15, 0.2) is 18.1 Å². The first-order valence-electron chi connectivity index (χ1n) is 8.00. The Bertz CT molecular complexity index is 970. The molecule has 0 fully saturated rings. The van der Waals surface area contributed by atoms with Gasteiger partial charge in [-0.05, 0) is 42.8 Å². The number of rotatable bonds is 6. The molecule has 8 heteroatoms. The standard InChI is InChI=1S/C19H17FN2O5/c1-11-4-5-13(8-14(11)20)19(23)26-10-17-21-18(22-27-17)12-6-7-15(24-2)16(9-12)25-3/h4-9H,10H2,1-3H3. The third-order valence-corrected chi connectivity index (χ3v) is 3.84. The summed E-state index contributed by atoms with van der Waals surface area (Å²) in [7, 11) is 3.06. The summed E-state index contributed by atoms with van der Waals surface area (Å²) in [6.07, 6.45) is 0. The number of halogens is 1. The topological polar surface area (TPSA) is 83.7 Å². The Balaban J connectivity index is 1.69. The molecular weight excluding hydrogens is 355 g/mol. The van der Waals surface area contributed by atoms with Crippen LogP contribution in [0.1, 0.15) is 21.8 Å². The van der Waals surface area contributed by atoms with E-state index in [9.17, 15) is 9.18 Å². The van der Waals surface area contributed by atoms with Crippen molar-refractivity contribution in [2.24, 2.45) is 0 Å². The van der Waals surface area contributed by atoms with Crippen LogP contribution >= 0.6 is 0 Å². The molecule has 0 bridgehead atoms. The largest absolute Gasteiger partial charge is 0.493 e. The van der Waals surface area contributed by atoms with Gasteiger partial charge >= 0.3 is 5.97 Å². The Morgan fingerprint density at radius 2 is 1.89 bits per heavy atom. The molecule has 0 aliphatic carbocycles. The van der Waals surface area contributed by atoms with Gasteiger partial charge in [0.2, 0.25) is 5.82 Å². The van der Waals surface area contributed by atoms with Gasteiger partial charge in [-0.3, -0.25) is 0 Å². The van der Waals surface area contributed by atoms with E-state index >= 15 is 0 Å². The van der Waals surface area contributed by atoms with Gasteiger partial charge in [0.25, 0.3) is 5.89 Å². The monoisotopic (exact) mass is 372 g/mol. The van der Waals surface area contributed by atoms with E-state index in [1.54, 1.807) is 25.1 Å². The molecule has 0 atom stereocenters. The maximum atomic E-state index is 13.5. The molecule has 7 nitrogen and oxygen atoms in total. The number of benzene rings is 2. The Kier molecular flexibility index (Phi) is 5.35. The molecule has 1 aromatic heterocycles. The highest BCUT2D eigenvalue weighted by atomic mass is 19.1. The number of methoxy groups -OCH3 is 2. The van der Waals surface area contributed by atoms with Crippen LogP contribution in [0.5, 0.6) is 11.5 Å². The van der Waals surface area contributed by atoms with E-state index in [2.05, 4.69) is 10.1 Å². The highest BCUT2D eigenvalue weighted by Gasteiger charge is 2.15. The molecule has 3 aromatic rings. The fourth-order valence-corrected chi connectivity index (χ4v) is 2.34. The number of carbonyl (C=O) groups excluding carboxylic acids is 1. The molecule has 0 N–H and O–H groups in total. The molecule has 0 aliphatic rings. The summed E-state index contributed by atoms with van der Waals surface area (Å²) >= 11 is 0. The van der Waals surface area contributed by atoms with Crippen molar-refractivity contribution in [2.45, 2.75) is 13.5 Å². The van der Waals surface area contributed by atoms with Crippen LogP contribution in [-0.2, 0) is 11.3 Å². The number of aromatic nitrogens is 2. The second-order valence-electron chi connectivity index (χ2n) is 5.62. The first kappa shape index (κ1) is 18.4. The van der Waals surface area contributed by atoms with Crippen molar-refractivity contribution in [2.75, 3.05) is 14.2 Å². The molecular formula is C19H17FN2O5. The maximum absolute atomic E-state index is 13.5. The molecule has 0 unspecified atom stereocenters. The van der Waals surface area contributed by atoms with Crippen molar-refractivity contribution in [3.63, 3.8) is 0 Å². The summed E-state index contributed by atoms with van der Waals surface area (Å²) in [5.41, 5.74) is 1.20. The van der Waals surface area contributed by atoms with Crippen LogP contribution in [0.4, 0.5) is 4.39 Å². The summed E-state index contributed by atoms with van der Waals surface area (Å²) in [6.45, 7) is 1.38. The molecule has 140 valence electrons. The lowest BCUT2D eigenvalue weighted by Crippen LogP contribution is -2.06. The zero-order chi connectivity index (χ0) is 19.4. The molecule has 1 heterocycles. The molecule has 0 amide bonds. The van der Waals surface area contributed by atoms with E-state index in [-0.39, 0.29) is 18.1 Å². The summed E-state index contributed by atoms with van der Waals surface area (Å²) in [6, 6.07) is 9.29. The predicted molar refractivity (Wildman–Crippen MR) is 93.1 cm³/mol.